The lowest BCUT2D eigenvalue weighted by atomic mass is 10.2. The van der Waals surface area contributed by atoms with E-state index in [1.807, 2.05) is 0 Å². The van der Waals surface area contributed by atoms with E-state index >= 15 is 0 Å². The molecule has 0 aliphatic heterocycles. The van der Waals surface area contributed by atoms with E-state index in [1.54, 1.807) is 0 Å². The molecule has 0 aromatic heterocycles. The molecule has 0 saturated heterocycles. The standard InChI is InChI=1S/C11H12F2O4S/c1-7(11(14)15)5-18(16,17)6-8-4-9(12)2-3-10(8)13/h2-4,7H,5-6H2,1H3,(H,14,15). The molecule has 18 heavy (non-hydrogen) atoms. The van der Waals surface area contributed by atoms with Crippen LogP contribution in [0.25, 0.3) is 0 Å². The molecule has 0 amide bonds. The third kappa shape index (κ3) is 4.06. The van der Waals surface area contributed by atoms with Crippen LogP contribution in [0.2, 0.25) is 0 Å². The van der Waals surface area contributed by atoms with Gasteiger partial charge in [-0.3, -0.25) is 4.79 Å². The lowest BCUT2D eigenvalue weighted by Gasteiger charge is -2.08. The van der Waals surface area contributed by atoms with Gasteiger partial charge >= 0.3 is 5.97 Å². The van der Waals surface area contributed by atoms with Gasteiger partial charge in [-0.2, -0.15) is 0 Å². The van der Waals surface area contributed by atoms with Crippen LogP contribution >= 0.6 is 0 Å². The molecule has 1 rings (SSSR count). The number of benzene rings is 1. The predicted octanol–water partition coefficient (Wildman–Crippen LogP) is 1.60. The van der Waals surface area contributed by atoms with Crippen molar-refractivity contribution in [2.75, 3.05) is 5.75 Å². The third-order valence-corrected chi connectivity index (χ3v) is 4.07. The first-order valence-corrected chi connectivity index (χ1v) is 6.90. The van der Waals surface area contributed by atoms with E-state index in [0.29, 0.717) is 0 Å². The van der Waals surface area contributed by atoms with E-state index < -0.39 is 44.9 Å². The van der Waals surface area contributed by atoms with Gasteiger partial charge in [0.25, 0.3) is 0 Å². The summed E-state index contributed by atoms with van der Waals surface area (Å²) in [6.45, 7) is 1.24. The number of sulfone groups is 1. The van der Waals surface area contributed by atoms with Crippen molar-refractivity contribution in [3.63, 3.8) is 0 Å². The molecular formula is C11H12F2O4S. The van der Waals surface area contributed by atoms with Crippen molar-refractivity contribution in [3.8, 4) is 0 Å². The van der Waals surface area contributed by atoms with Crippen molar-refractivity contribution in [2.45, 2.75) is 12.7 Å². The van der Waals surface area contributed by atoms with E-state index in [-0.39, 0.29) is 5.56 Å². The summed E-state index contributed by atoms with van der Waals surface area (Å²) >= 11 is 0. The molecule has 1 unspecified atom stereocenters. The summed E-state index contributed by atoms with van der Waals surface area (Å²) in [5, 5.41) is 8.61. The van der Waals surface area contributed by atoms with E-state index in [1.165, 1.54) is 6.92 Å². The number of hydrogen-bond donors (Lipinski definition) is 1. The minimum Gasteiger partial charge on any atom is -0.481 e. The minimum absolute atomic E-state index is 0.299. The lowest BCUT2D eigenvalue weighted by molar-refractivity contribution is -0.140. The van der Waals surface area contributed by atoms with Gasteiger partial charge < -0.3 is 5.11 Å². The van der Waals surface area contributed by atoms with E-state index in [9.17, 15) is 22.0 Å². The average Bonchev–Trinajstić information content (AvgIpc) is 2.22. The van der Waals surface area contributed by atoms with Gasteiger partial charge in [0.15, 0.2) is 9.84 Å². The Morgan fingerprint density at radius 2 is 2.00 bits per heavy atom. The number of hydrogen-bond acceptors (Lipinski definition) is 3. The molecule has 1 aromatic carbocycles. The molecule has 0 saturated carbocycles. The summed E-state index contributed by atoms with van der Waals surface area (Å²) in [4.78, 5) is 10.6. The van der Waals surface area contributed by atoms with Crippen LogP contribution in [-0.4, -0.2) is 25.2 Å². The van der Waals surface area contributed by atoms with Crippen molar-refractivity contribution < 1.29 is 27.1 Å². The molecule has 0 spiro atoms. The summed E-state index contributed by atoms with van der Waals surface area (Å²) in [6, 6.07) is 2.50. The van der Waals surface area contributed by atoms with Crippen LogP contribution in [0.1, 0.15) is 12.5 Å². The minimum atomic E-state index is -3.81. The molecule has 100 valence electrons. The van der Waals surface area contributed by atoms with Gasteiger partial charge in [-0.15, -0.1) is 0 Å². The van der Waals surface area contributed by atoms with Gasteiger partial charge in [0, 0.05) is 5.56 Å². The van der Waals surface area contributed by atoms with Crippen LogP contribution in [0.4, 0.5) is 8.78 Å². The maximum atomic E-state index is 13.2. The lowest BCUT2D eigenvalue weighted by Crippen LogP contribution is -2.22. The Morgan fingerprint density at radius 3 is 2.56 bits per heavy atom. The first-order valence-electron chi connectivity index (χ1n) is 5.08. The van der Waals surface area contributed by atoms with Gasteiger partial charge in [-0.25, -0.2) is 17.2 Å². The molecule has 0 bridgehead atoms. The van der Waals surface area contributed by atoms with Gasteiger partial charge in [-0.05, 0) is 18.2 Å². The Bertz CT molecular complexity index is 554. The van der Waals surface area contributed by atoms with Crippen LogP contribution in [-0.2, 0) is 20.4 Å². The number of carboxylic acids is 1. The first kappa shape index (κ1) is 14.6. The molecule has 7 heteroatoms. The smallest absolute Gasteiger partial charge is 0.307 e. The number of carbonyl (C=O) groups is 1. The summed E-state index contributed by atoms with van der Waals surface area (Å²) in [5.74, 6) is -5.24. The molecule has 1 atom stereocenters. The second-order valence-corrected chi connectivity index (χ2v) is 6.14. The van der Waals surface area contributed by atoms with E-state index in [2.05, 4.69) is 0 Å². The highest BCUT2D eigenvalue weighted by Crippen LogP contribution is 2.15. The number of halogens is 2. The maximum absolute atomic E-state index is 13.2. The van der Waals surface area contributed by atoms with Crippen molar-refractivity contribution in [1.29, 1.82) is 0 Å². The Balaban J connectivity index is 2.89. The third-order valence-electron chi connectivity index (χ3n) is 2.31. The zero-order valence-corrected chi connectivity index (χ0v) is 10.4. The van der Waals surface area contributed by atoms with E-state index in [4.69, 9.17) is 5.11 Å². The fourth-order valence-corrected chi connectivity index (χ4v) is 3.12. The van der Waals surface area contributed by atoms with Gasteiger partial charge in [0.1, 0.15) is 11.6 Å². The number of carboxylic acid groups (broad SMARTS) is 1. The summed E-state index contributed by atoms with van der Waals surface area (Å²) in [7, 11) is -3.81. The Kier molecular flexibility index (Phi) is 4.39. The fourth-order valence-electron chi connectivity index (χ4n) is 1.40. The zero-order chi connectivity index (χ0) is 13.9. The quantitative estimate of drug-likeness (QED) is 0.888. The van der Waals surface area contributed by atoms with Gasteiger partial charge in [-0.1, -0.05) is 6.92 Å². The topological polar surface area (TPSA) is 71.4 Å². The Morgan fingerprint density at radius 1 is 1.39 bits per heavy atom. The van der Waals surface area contributed by atoms with Gasteiger partial charge in [0.05, 0.1) is 17.4 Å². The highest BCUT2D eigenvalue weighted by molar-refractivity contribution is 7.90. The molecule has 0 aliphatic carbocycles. The van der Waals surface area contributed by atoms with Gasteiger partial charge in [0.2, 0.25) is 0 Å². The summed E-state index contributed by atoms with van der Waals surface area (Å²) in [5.41, 5.74) is -0.299. The largest absolute Gasteiger partial charge is 0.481 e. The molecule has 4 nitrogen and oxygen atoms in total. The predicted molar refractivity (Wildman–Crippen MR) is 60.6 cm³/mol. The van der Waals surface area contributed by atoms with Crippen molar-refractivity contribution in [1.82, 2.24) is 0 Å². The van der Waals surface area contributed by atoms with Crippen LogP contribution < -0.4 is 0 Å². The first-order chi connectivity index (χ1) is 8.21. The van der Waals surface area contributed by atoms with Crippen molar-refractivity contribution >= 4 is 15.8 Å². The highest BCUT2D eigenvalue weighted by Gasteiger charge is 2.22. The molecular weight excluding hydrogens is 266 g/mol. The second-order valence-electron chi connectivity index (χ2n) is 4.03. The zero-order valence-electron chi connectivity index (χ0n) is 9.56. The molecule has 0 aliphatic rings. The summed E-state index contributed by atoms with van der Waals surface area (Å²) < 4.78 is 49.4. The maximum Gasteiger partial charge on any atom is 0.307 e. The van der Waals surface area contributed by atoms with Crippen LogP contribution in [0, 0.1) is 17.6 Å². The van der Waals surface area contributed by atoms with E-state index in [0.717, 1.165) is 18.2 Å². The molecule has 0 radical (unpaired) electrons. The molecule has 0 fully saturated rings. The number of aliphatic carboxylic acids is 1. The molecule has 0 heterocycles. The van der Waals surface area contributed by atoms with Crippen LogP contribution in [0.5, 0.6) is 0 Å². The molecule has 1 N–H and O–H groups in total. The monoisotopic (exact) mass is 278 g/mol. The SMILES string of the molecule is CC(CS(=O)(=O)Cc1cc(F)ccc1F)C(=O)O. The van der Waals surface area contributed by atoms with Crippen molar-refractivity contribution in [3.05, 3.63) is 35.4 Å². The Labute approximate surface area is 103 Å². The Hall–Kier alpha value is -1.50. The number of rotatable bonds is 5. The van der Waals surface area contributed by atoms with Crippen LogP contribution in [0.3, 0.4) is 0 Å². The summed E-state index contributed by atoms with van der Waals surface area (Å²) in [6.07, 6.45) is 0. The second kappa shape index (κ2) is 5.43. The fraction of sp³-hybridized carbons (Fsp3) is 0.364. The normalized spacial score (nSPS) is 13.3. The molecule has 1 aromatic rings. The highest BCUT2D eigenvalue weighted by atomic mass is 32.2. The van der Waals surface area contributed by atoms with Crippen molar-refractivity contribution in [2.24, 2.45) is 5.92 Å². The van der Waals surface area contributed by atoms with Crippen LogP contribution in [0.15, 0.2) is 18.2 Å². The average molecular weight is 278 g/mol.